The average Bonchev–Trinajstić information content (AvgIpc) is 2.56. The van der Waals surface area contributed by atoms with Gasteiger partial charge >= 0.3 is 0 Å². The second kappa shape index (κ2) is 7.44. The van der Waals surface area contributed by atoms with E-state index in [1.807, 2.05) is 60.7 Å². The van der Waals surface area contributed by atoms with Gasteiger partial charge in [0.1, 0.15) is 0 Å². The Balaban J connectivity index is 2.40. The van der Waals surface area contributed by atoms with Gasteiger partial charge in [-0.15, -0.1) is 0 Å². The predicted octanol–water partition coefficient (Wildman–Crippen LogP) is 4.25. The van der Waals surface area contributed by atoms with Crippen LogP contribution in [0.1, 0.15) is 29.8 Å². The van der Waals surface area contributed by atoms with Crippen molar-refractivity contribution in [1.29, 1.82) is 0 Å². The van der Waals surface area contributed by atoms with E-state index in [9.17, 15) is 4.79 Å². The topological polar surface area (TPSA) is 20.3 Å². The van der Waals surface area contributed by atoms with Gasteiger partial charge < -0.3 is 4.90 Å². The smallest absolute Gasteiger partial charge is 0.187 e. The molecule has 0 unspecified atom stereocenters. The second-order valence-electron chi connectivity index (χ2n) is 4.80. The maximum Gasteiger partial charge on any atom is 0.187 e. The van der Waals surface area contributed by atoms with E-state index >= 15 is 0 Å². The summed E-state index contributed by atoms with van der Waals surface area (Å²) in [5.41, 5.74) is 2.78. The largest absolute Gasteiger partial charge is 0.371 e. The summed E-state index contributed by atoms with van der Waals surface area (Å²) in [6, 6.07) is 19.5. The van der Waals surface area contributed by atoms with Crippen LogP contribution in [0, 0.1) is 0 Å². The van der Waals surface area contributed by atoms with Gasteiger partial charge in [0.25, 0.3) is 0 Å². The number of nitrogens with zero attached hydrogens (tertiary/aromatic N) is 1. The Morgan fingerprint density at radius 2 is 1.33 bits per heavy atom. The molecule has 0 aliphatic rings. The highest BCUT2D eigenvalue weighted by atomic mass is 16.1. The molecule has 0 heterocycles. The minimum atomic E-state index is 0.0429. The van der Waals surface area contributed by atoms with E-state index in [2.05, 4.69) is 18.7 Å². The Labute approximate surface area is 126 Å². The van der Waals surface area contributed by atoms with Crippen molar-refractivity contribution in [3.8, 4) is 0 Å². The summed E-state index contributed by atoms with van der Waals surface area (Å²) < 4.78 is 0. The first-order valence-corrected chi connectivity index (χ1v) is 7.37. The van der Waals surface area contributed by atoms with E-state index in [-0.39, 0.29) is 5.78 Å². The molecule has 0 N–H and O–H groups in total. The van der Waals surface area contributed by atoms with E-state index in [1.165, 1.54) is 0 Å². The fraction of sp³-hybridized carbons (Fsp3) is 0.211. The quantitative estimate of drug-likeness (QED) is 0.582. The molecular formula is C19H21NO. The molecule has 2 rings (SSSR count). The van der Waals surface area contributed by atoms with Crippen molar-refractivity contribution in [1.82, 2.24) is 4.90 Å². The fourth-order valence-electron chi connectivity index (χ4n) is 2.34. The lowest BCUT2D eigenvalue weighted by Gasteiger charge is -2.24. The zero-order valence-corrected chi connectivity index (χ0v) is 12.6. The van der Waals surface area contributed by atoms with Gasteiger partial charge in [0.15, 0.2) is 5.78 Å². The first kappa shape index (κ1) is 15.0. The van der Waals surface area contributed by atoms with Crippen molar-refractivity contribution < 1.29 is 4.79 Å². The molecule has 0 spiro atoms. The van der Waals surface area contributed by atoms with Crippen molar-refractivity contribution in [2.45, 2.75) is 13.8 Å². The molecule has 2 aromatic rings. The molecule has 21 heavy (non-hydrogen) atoms. The van der Waals surface area contributed by atoms with Crippen molar-refractivity contribution in [2.24, 2.45) is 0 Å². The average molecular weight is 279 g/mol. The zero-order valence-electron chi connectivity index (χ0n) is 12.6. The van der Waals surface area contributed by atoms with Crippen LogP contribution in [0.3, 0.4) is 0 Å². The summed E-state index contributed by atoms with van der Waals surface area (Å²) in [7, 11) is 0. The third-order valence-electron chi connectivity index (χ3n) is 3.50. The number of rotatable bonds is 6. The SMILES string of the molecule is CCN(CC)/C(=C/C(=O)c1ccccc1)c1ccccc1. The minimum Gasteiger partial charge on any atom is -0.371 e. The minimum absolute atomic E-state index is 0.0429. The molecule has 0 bridgehead atoms. The van der Waals surface area contributed by atoms with Gasteiger partial charge in [-0.1, -0.05) is 60.7 Å². The van der Waals surface area contributed by atoms with Crippen LogP contribution < -0.4 is 0 Å². The standard InChI is InChI=1S/C19H21NO/c1-3-20(4-2)18(16-11-7-5-8-12-16)15-19(21)17-13-9-6-10-14-17/h5-15H,3-4H2,1-2H3/b18-15+. The summed E-state index contributed by atoms with van der Waals surface area (Å²) in [6.45, 7) is 5.96. The Hall–Kier alpha value is -2.35. The van der Waals surface area contributed by atoms with Crippen LogP contribution in [0.15, 0.2) is 66.7 Å². The van der Waals surface area contributed by atoms with E-state index in [1.54, 1.807) is 6.08 Å². The van der Waals surface area contributed by atoms with Crippen molar-refractivity contribution in [2.75, 3.05) is 13.1 Å². The Bertz CT molecular complexity index is 598. The van der Waals surface area contributed by atoms with Gasteiger partial charge in [0, 0.05) is 30.4 Å². The van der Waals surface area contributed by atoms with Crippen molar-refractivity contribution >= 4 is 11.5 Å². The highest BCUT2D eigenvalue weighted by molar-refractivity contribution is 6.08. The Morgan fingerprint density at radius 1 is 0.857 bits per heavy atom. The third-order valence-corrected chi connectivity index (χ3v) is 3.50. The molecule has 0 aromatic heterocycles. The molecule has 0 saturated carbocycles. The van der Waals surface area contributed by atoms with E-state index in [0.29, 0.717) is 0 Å². The molecule has 0 radical (unpaired) electrons. The van der Waals surface area contributed by atoms with Crippen LogP contribution in [0.5, 0.6) is 0 Å². The van der Waals surface area contributed by atoms with Gasteiger partial charge in [-0.05, 0) is 19.4 Å². The molecule has 108 valence electrons. The number of hydrogen-bond donors (Lipinski definition) is 0. The van der Waals surface area contributed by atoms with Gasteiger partial charge in [-0.25, -0.2) is 0 Å². The van der Waals surface area contributed by atoms with Crippen LogP contribution in [0.4, 0.5) is 0 Å². The zero-order chi connectivity index (χ0) is 15.1. The van der Waals surface area contributed by atoms with E-state index in [0.717, 1.165) is 29.9 Å². The van der Waals surface area contributed by atoms with Crippen LogP contribution in [-0.4, -0.2) is 23.8 Å². The predicted molar refractivity (Wildman–Crippen MR) is 88.1 cm³/mol. The second-order valence-corrected chi connectivity index (χ2v) is 4.80. The van der Waals surface area contributed by atoms with Gasteiger partial charge in [0.2, 0.25) is 0 Å². The first-order chi connectivity index (χ1) is 10.3. The number of hydrogen-bond acceptors (Lipinski definition) is 2. The summed E-state index contributed by atoms with van der Waals surface area (Å²) in [5.74, 6) is 0.0429. The molecule has 0 aliphatic heterocycles. The maximum atomic E-state index is 12.5. The fourth-order valence-corrected chi connectivity index (χ4v) is 2.34. The lowest BCUT2D eigenvalue weighted by atomic mass is 10.1. The van der Waals surface area contributed by atoms with Crippen LogP contribution >= 0.6 is 0 Å². The van der Waals surface area contributed by atoms with Gasteiger partial charge in [0.05, 0.1) is 0 Å². The molecule has 0 aliphatic carbocycles. The molecule has 2 aromatic carbocycles. The molecular weight excluding hydrogens is 258 g/mol. The molecule has 2 nitrogen and oxygen atoms in total. The molecule has 0 fully saturated rings. The summed E-state index contributed by atoms with van der Waals surface area (Å²) in [6.07, 6.45) is 1.75. The van der Waals surface area contributed by atoms with Crippen LogP contribution in [-0.2, 0) is 0 Å². The van der Waals surface area contributed by atoms with Crippen molar-refractivity contribution in [3.05, 3.63) is 77.9 Å². The number of benzene rings is 2. The lowest BCUT2D eigenvalue weighted by Crippen LogP contribution is -2.22. The van der Waals surface area contributed by atoms with Crippen LogP contribution in [0.2, 0.25) is 0 Å². The normalized spacial score (nSPS) is 11.2. The first-order valence-electron chi connectivity index (χ1n) is 7.37. The maximum absolute atomic E-state index is 12.5. The Morgan fingerprint density at radius 3 is 1.81 bits per heavy atom. The Kier molecular flexibility index (Phi) is 5.33. The molecule has 0 atom stereocenters. The number of carbonyl (C=O) groups is 1. The molecule has 2 heteroatoms. The lowest BCUT2D eigenvalue weighted by molar-refractivity contribution is 0.104. The molecule has 0 saturated heterocycles. The van der Waals surface area contributed by atoms with E-state index in [4.69, 9.17) is 0 Å². The van der Waals surface area contributed by atoms with E-state index < -0.39 is 0 Å². The molecule has 0 amide bonds. The summed E-state index contributed by atoms with van der Waals surface area (Å²) in [5, 5.41) is 0. The van der Waals surface area contributed by atoms with Crippen LogP contribution in [0.25, 0.3) is 5.70 Å². The van der Waals surface area contributed by atoms with Crippen molar-refractivity contribution in [3.63, 3.8) is 0 Å². The van der Waals surface area contributed by atoms with Gasteiger partial charge in [-0.2, -0.15) is 0 Å². The number of carbonyl (C=O) groups excluding carboxylic acids is 1. The summed E-state index contributed by atoms with van der Waals surface area (Å²) >= 11 is 0. The third kappa shape index (κ3) is 3.82. The number of allylic oxidation sites excluding steroid dienone is 1. The summed E-state index contributed by atoms with van der Waals surface area (Å²) in [4.78, 5) is 14.7. The van der Waals surface area contributed by atoms with Gasteiger partial charge in [-0.3, -0.25) is 4.79 Å². The highest BCUT2D eigenvalue weighted by Crippen LogP contribution is 2.20. The number of ketones is 1. The monoisotopic (exact) mass is 279 g/mol. The highest BCUT2D eigenvalue weighted by Gasteiger charge is 2.11.